The molecule has 0 fully saturated rings. The van der Waals surface area contributed by atoms with Crippen molar-refractivity contribution in [1.29, 1.82) is 0 Å². The van der Waals surface area contributed by atoms with Gasteiger partial charge in [0, 0.05) is 34.2 Å². The molecule has 7 N–H and O–H groups in total. The first-order valence-electron chi connectivity index (χ1n) is 18.8. The number of aryl methyl sites for hydroxylation is 11. The number of nitrogens with two attached hydrogens (primary N) is 3. The first kappa shape index (κ1) is 54.5. The predicted molar refractivity (Wildman–Crippen MR) is 244 cm³/mol. The summed E-state index contributed by atoms with van der Waals surface area (Å²) in [5, 5.41) is 4.18. The molecule has 24 heteroatoms. The van der Waals surface area contributed by atoms with E-state index in [4.69, 9.17) is 40.7 Å². The van der Waals surface area contributed by atoms with Crippen LogP contribution in [-0.4, -0.2) is 79.6 Å². The van der Waals surface area contributed by atoms with Crippen LogP contribution in [0.2, 0.25) is 0 Å². The van der Waals surface area contributed by atoms with Gasteiger partial charge in [-0.05, 0) is 123 Å². The number of methoxy groups -OCH3 is 1. The highest BCUT2D eigenvalue weighted by atomic mass is 35.5. The fourth-order valence-corrected chi connectivity index (χ4v) is 8.05. The molecule has 0 radical (unpaired) electrons. The van der Waals surface area contributed by atoms with Crippen LogP contribution in [0.25, 0.3) is 5.78 Å². The minimum atomic E-state index is -4.41. The van der Waals surface area contributed by atoms with Crippen molar-refractivity contribution in [2.24, 2.45) is 10.9 Å². The lowest BCUT2D eigenvalue weighted by Gasteiger charge is -2.09. The second-order valence-electron chi connectivity index (χ2n) is 14.1. The number of hydrogen-bond donors (Lipinski definition) is 4. The van der Waals surface area contributed by atoms with E-state index in [1.54, 1.807) is 69.5 Å². The Morgan fingerprint density at radius 3 is 1.66 bits per heavy atom. The Morgan fingerprint density at radius 1 is 0.719 bits per heavy atom. The molecule has 0 amide bonds. The number of fused-ring (bicyclic) bond motifs is 1. The summed E-state index contributed by atoms with van der Waals surface area (Å²) in [6.45, 7) is 20.0. The third-order valence-corrected chi connectivity index (χ3v) is 11.2. The van der Waals surface area contributed by atoms with Gasteiger partial charge in [-0.1, -0.05) is 23.8 Å². The maximum absolute atomic E-state index is 11.6. The third kappa shape index (κ3) is 16.2. The van der Waals surface area contributed by atoms with Gasteiger partial charge in [-0.2, -0.15) is 32.0 Å². The van der Waals surface area contributed by atoms with E-state index in [0.717, 1.165) is 39.6 Å². The number of hydrogen-bond acceptors (Lipinski definition) is 17. The number of ether oxygens (including phenoxy) is 1. The second-order valence-corrected chi connectivity index (χ2v) is 17.5. The van der Waals surface area contributed by atoms with E-state index in [-0.39, 0.29) is 27.0 Å². The highest BCUT2D eigenvalue weighted by Crippen LogP contribution is 2.29. The first-order chi connectivity index (χ1) is 29.7. The summed E-state index contributed by atoms with van der Waals surface area (Å²) in [4.78, 5) is 34.4. The maximum atomic E-state index is 11.6. The molecule has 6 aromatic rings. The maximum Gasteiger partial charge on any atom is 0.320 e. The molecule has 0 spiro atoms. The van der Waals surface area contributed by atoms with Crippen LogP contribution in [0.3, 0.4) is 0 Å². The molecule has 0 aliphatic heterocycles. The minimum Gasteiger partial charge on any atom is -0.468 e. The molecule has 0 aliphatic rings. The van der Waals surface area contributed by atoms with Crippen LogP contribution in [0, 0.1) is 76.2 Å². The minimum absolute atomic E-state index is 0.0590. The average Bonchev–Trinajstić information content (AvgIpc) is 3.59. The van der Waals surface area contributed by atoms with E-state index in [0.29, 0.717) is 45.8 Å². The Hall–Kier alpha value is -5.62. The van der Waals surface area contributed by atoms with Gasteiger partial charge in [-0.15, -0.1) is 28.3 Å². The van der Waals surface area contributed by atoms with E-state index < -0.39 is 26.2 Å². The van der Waals surface area contributed by atoms with Gasteiger partial charge in [0.25, 0.3) is 15.9 Å². The third-order valence-electron chi connectivity index (χ3n) is 8.27. The van der Waals surface area contributed by atoms with Gasteiger partial charge in [-0.25, -0.2) is 34.1 Å². The quantitative estimate of drug-likeness (QED) is 0.0558. The summed E-state index contributed by atoms with van der Waals surface area (Å²) in [5.41, 5.74) is 14.4. The standard InChI is InChI=1S/C14H18N4O3S.C9H13NO3S.C8H9ClN4.C6H9N3.C3H5ClO2/c1-8-5-9(2)13(22(19,20)21)12(6-8)17-14-16-10(3)7-11(4)18(14)15;1-6-4-7(2)9(8(3)5-6)14(11,12)13-10;1-5-3-6(2)13-8(10-5)11-7(4-9)12-13;1-4-3-5(2)9-6(7)8-4;1-6-3(5)2-4/h5-7H,15H2,1-4H3,(H,19,20,21);4-5H,10H2,1-3H3;3H,4H2,1-2H3;3H,1-2H3,(H2,7,8,9);2H2,1H3. The first-order valence-corrected chi connectivity index (χ1v) is 22.7. The number of carbonyl (C=O) groups excluding carboxylic acids is 1. The number of nitrogens with zero attached hydrogens (tertiary/aromatic N) is 9. The zero-order valence-electron chi connectivity index (χ0n) is 37.6. The normalized spacial score (nSPS) is 11.2. The number of alkyl halides is 2. The topological polar surface area (TPSA) is 301 Å². The van der Waals surface area contributed by atoms with Crippen molar-refractivity contribution < 1.29 is 35.2 Å². The summed E-state index contributed by atoms with van der Waals surface area (Å²) < 4.78 is 66.6. The molecule has 20 nitrogen and oxygen atoms in total. The molecule has 6 rings (SSSR count). The van der Waals surface area contributed by atoms with Gasteiger partial charge in [0.05, 0.1) is 18.7 Å². The molecule has 4 aromatic heterocycles. The van der Waals surface area contributed by atoms with Gasteiger partial charge in [0.2, 0.25) is 11.6 Å². The van der Waals surface area contributed by atoms with Crippen LogP contribution in [0.5, 0.6) is 0 Å². The van der Waals surface area contributed by atoms with E-state index in [2.05, 4.69) is 44.0 Å². The molecule has 0 saturated heterocycles. The monoisotopic (exact) mass is 964 g/mol. The van der Waals surface area contributed by atoms with Gasteiger partial charge in [0.1, 0.15) is 15.7 Å². The van der Waals surface area contributed by atoms with Crippen LogP contribution < -0.4 is 23.1 Å². The van der Waals surface area contributed by atoms with Gasteiger partial charge < -0.3 is 16.3 Å². The Kier molecular flexibility index (Phi) is 20.3. The molecule has 348 valence electrons. The fourth-order valence-electron chi connectivity index (χ4n) is 5.99. The highest BCUT2D eigenvalue weighted by molar-refractivity contribution is 7.86. The molecule has 0 saturated carbocycles. The molecule has 2 aromatic carbocycles. The molecular formula is C40H54Cl2N12O8S2. The number of anilines is 1. The van der Waals surface area contributed by atoms with E-state index in [9.17, 15) is 26.2 Å². The zero-order valence-corrected chi connectivity index (χ0v) is 40.7. The number of halogens is 2. The SMILES string of the molecule is COC(=O)CCl.Cc1cc(C)c(S(=O)(=O)O)c(N=c2nc(C)cc(C)n2N)c1.Cc1cc(C)c(S(=O)(=O)ON)c(C)c1.Cc1cc(C)n2nc(CCl)nc2n1.Cc1cc(C)nc(N)n1. The largest absolute Gasteiger partial charge is 0.468 e. The number of nitrogen functional groups attached to an aromatic ring is 2. The number of benzene rings is 2. The van der Waals surface area contributed by atoms with E-state index in [1.165, 1.54) is 11.8 Å². The lowest BCUT2D eigenvalue weighted by Crippen LogP contribution is -2.32. The van der Waals surface area contributed by atoms with Gasteiger partial charge in [-0.3, -0.25) is 9.35 Å². The van der Waals surface area contributed by atoms with E-state index in [1.807, 2.05) is 53.7 Å². The molecule has 64 heavy (non-hydrogen) atoms. The number of aromatic nitrogens is 8. The van der Waals surface area contributed by atoms with Crippen LogP contribution in [-0.2, 0) is 39.9 Å². The lowest BCUT2D eigenvalue weighted by atomic mass is 10.1. The Morgan fingerprint density at radius 2 is 1.20 bits per heavy atom. The summed E-state index contributed by atoms with van der Waals surface area (Å²) >= 11 is 10.6. The molecular weight excluding hydrogens is 912 g/mol. The van der Waals surface area contributed by atoms with Crippen molar-refractivity contribution in [1.82, 2.24) is 39.2 Å². The predicted octanol–water partition coefficient (Wildman–Crippen LogP) is 5.05. The number of carbonyl (C=O) groups is 1. The lowest BCUT2D eigenvalue weighted by molar-refractivity contribution is -0.137. The van der Waals surface area contributed by atoms with Crippen molar-refractivity contribution in [3.8, 4) is 0 Å². The zero-order chi connectivity index (χ0) is 48.9. The van der Waals surface area contributed by atoms with Gasteiger partial charge in [0.15, 0.2) is 5.82 Å². The van der Waals surface area contributed by atoms with E-state index >= 15 is 0 Å². The highest BCUT2D eigenvalue weighted by Gasteiger charge is 2.20. The van der Waals surface area contributed by atoms with Crippen molar-refractivity contribution >= 4 is 66.8 Å². The Labute approximate surface area is 382 Å². The van der Waals surface area contributed by atoms with Crippen molar-refractivity contribution in [2.45, 2.75) is 91.8 Å². The molecule has 4 heterocycles. The van der Waals surface area contributed by atoms with Crippen molar-refractivity contribution in [2.75, 3.05) is 24.6 Å². The van der Waals surface area contributed by atoms with Crippen LogP contribution in [0.1, 0.15) is 67.8 Å². The van der Waals surface area contributed by atoms with Crippen LogP contribution in [0.15, 0.2) is 57.2 Å². The molecule has 0 bridgehead atoms. The Bertz CT molecular complexity index is 2830. The second kappa shape index (κ2) is 23.9. The van der Waals surface area contributed by atoms with Crippen LogP contribution >= 0.6 is 23.2 Å². The van der Waals surface area contributed by atoms with Crippen molar-refractivity contribution in [3.63, 3.8) is 0 Å². The molecule has 0 unspecified atom stereocenters. The van der Waals surface area contributed by atoms with Crippen LogP contribution in [0.4, 0.5) is 11.6 Å². The fraction of sp³-hybridized carbons (Fsp3) is 0.350. The molecule has 0 atom stereocenters. The number of rotatable bonds is 6. The molecule has 0 aliphatic carbocycles. The summed E-state index contributed by atoms with van der Waals surface area (Å²) in [7, 11) is -6.91. The Balaban J connectivity index is 0.000000293. The summed E-state index contributed by atoms with van der Waals surface area (Å²) in [6, 6.07) is 12.4. The number of esters is 1. The van der Waals surface area contributed by atoms with Gasteiger partial charge >= 0.3 is 16.1 Å². The summed E-state index contributed by atoms with van der Waals surface area (Å²) in [5.74, 6) is 12.1. The summed E-state index contributed by atoms with van der Waals surface area (Å²) in [6.07, 6.45) is 0. The smallest absolute Gasteiger partial charge is 0.320 e. The average molecular weight is 966 g/mol. The van der Waals surface area contributed by atoms with Crippen molar-refractivity contribution in [3.05, 3.63) is 116 Å².